The van der Waals surface area contributed by atoms with Gasteiger partial charge < -0.3 is 15.1 Å². The quantitative estimate of drug-likeness (QED) is 0.363. The summed E-state index contributed by atoms with van der Waals surface area (Å²) in [6.07, 6.45) is 3.24. The Bertz CT molecular complexity index is 1170. The second kappa shape index (κ2) is 8.73. The third-order valence-electron chi connectivity index (χ3n) is 4.59. The van der Waals surface area contributed by atoms with E-state index in [9.17, 15) is 4.79 Å². The number of pyridine rings is 1. The summed E-state index contributed by atoms with van der Waals surface area (Å²) in [5.41, 5.74) is 2.90. The lowest BCUT2D eigenvalue weighted by Crippen LogP contribution is -2.17. The van der Waals surface area contributed by atoms with Crippen molar-refractivity contribution in [3.63, 3.8) is 0 Å². The summed E-state index contributed by atoms with van der Waals surface area (Å²) in [4.78, 5) is 18.1. The summed E-state index contributed by atoms with van der Waals surface area (Å²) in [6.45, 7) is 4.02. The van der Waals surface area contributed by atoms with Crippen LogP contribution in [0.3, 0.4) is 0 Å². The lowest BCUT2D eigenvalue weighted by Gasteiger charge is -2.22. The maximum absolute atomic E-state index is 12.6. The Morgan fingerprint density at radius 2 is 1.93 bits per heavy atom. The highest BCUT2D eigenvalue weighted by Crippen LogP contribution is 2.39. The van der Waals surface area contributed by atoms with Crippen LogP contribution in [-0.2, 0) is 0 Å². The number of nitrogens with zero attached hydrogens (tertiary/aromatic N) is 1. The molecule has 30 heavy (non-hydrogen) atoms. The topological polar surface area (TPSA) is 67.2 Å². The Morgan fingerprint density at radius 3 is 2.67 bits per heavy atom. The second-order valence-electron chi connectivity index (χ2n) is 6.89. The zero-order chi connectivity index (χ0) is 21.1. The number of carbonyl (C=O) groups excluding carboxylic acids is 1. The highest BCUT2D eigenvalue weighted by atomic mass is 35.5. The first-order valence-corrected chi connectivity index (χ1v) is 10.6. The minimum absolute atomic E-state index is 0.259. The number of halogens is 1. The monoisotopic (exact) mass is 437 g/mol. The molecule has 0 saturated heterocycles. The van der Waals surface area contributed by atoms with Gasteiger partial charge in [0.05, 0.1) is 12.3 Å². The molecule has 5 nitrogen and oxygen atoms in total. The van der Waals surface area contributed by atoms with Gasteiger partial charge in [-0.15, -0.1) is 11.3 Å². The molecule has 3 aromatic heterocycles. The van der Waals surface area contributed by atoms with Crippen molar-refractivity contribution in [2.24, 2.45) is 0 Å². The van der Waals surface area contributed by atoms with Crippen molar-refractivity contribution in [3.8, 4) is 0 Å². The Morgan fingerprint density at radius 1 is 1.10 bits per heavy atom. The highest BCUT2D eigenvalue weighted by molar-refractivity contribution is 7.16. The number of carbonyl (C=O) groups is 1. The number of hydrogen-bond donors (Lipinski definition) is 2. The van der Waals surface area contributed by atoms with Gasteiger partial charge in [-0.25, -0.2) is 4.98 Å². The van der Waals surface area contributed by atoms with Crippen LogP contribution in [0.1, 0.15) is 38.2 Å². The third kappa shape index (κ3) is 4.40. The van der Waals surface area contributed by atoms with Gasteiger partial charge in [0.25, 0.3) is 5.91 Å². The van der Waals surface area contributed by atoms with E-state index in [1.54, 1.807) is 18.3 Å². The van der Waals surface area contributed by atoms with Gasteiger partial charge in [0, 0.05) is 21.7 Å². The zero-order valence-electron chi connectivity index (χ0n) is 16.5. The molecule has 0 aliphatic rings. The lowest BCUT2D eigenvalue weighted by molar-refractivity contribution is 0.0997. The first kappa shape index (κ1) is 20.2. The second-order valence-corrected chi connectivity index (χ2v) is 8.55. The number of amides is 1. The summed E-state index contributed by atoms with van der Waals surface area (Å²) >= 11 is 8.06. The van der Waals surface area contributed by atoms with Crippen LogP contribution in [0.15, 0.2) is 71.5 Å². The first-order valence-electron chi connectivity index (χ1n) is 9.40. The molecule has 1 aromatic carbocycles. The van der Waals surface area contributed by atoms with Crippen LogP contribution in [0.4, 0.5) is 10.8 Å². The molecule has 0 fully saturated rings. The number of furan rings is 1. The van der Waals surface area contributed by atoms with Gasteiger partial charge in [0.15, 0.2) is 5.76 Å². The molecule has 0 saturated carbocycles. The van der Waals surface area contributed by atoms with Gasteiger partial charge in [0.1, 0.15) is 10.8 Å². The molecular formula is C23H20ClN3O2S. The van der Waals surface area contributed by atoms with Crippen molar-refractivity contribution in [1.82, 2.24) is 4.98 Å². The van der Waals surface area contributed by atoms with E-state index in [-0.39, 0.29) is 17.7 Å². The molecule has 0 unspecified atom stereocenters. The maximum Gasteiger partial charge on any atom is 0.291 e. The number of aryl methyl sites for hydroxylation is 2. The Kier molecular flexibility index (Phi) is 5.88. The van der Waals surface area contributed by atoms with E-state index in [0.29, 0.717) is 5.02 Å². The number of aromatic nitrogens is 1. The highest BCUT2D eigenvalue weighted by Gasteiger charge is 2.24. The van der Waals surface area contributed by atoms with Gasteiger partial charge in [-0.2, -0.15) is 0 Å². The van der Waals surface area contributed by atoms with Crippen LogP contribution in [0.5, 0.6) is 0 Å². The molecule has 1 amide bonds. The fraction of sp³-hybridized carbons (Fsp3) is 0.130. The largest absolute Gasteiger partial charge is 0.459 e. The van der Waals surface area contributed by atoms with E-state index in [1.165, 1.54) is 17.6 Å². The lowest BCUT2D eigenvalue weighted by atomic mass is 9.99. The average molecular weight is 438 g/mol. The van der Waals surface area contributed by atoms with Gasteiger partial charge in [-0.1, -0.05) is 29.8 Å². The van der Waals surface area contributed by atoms with Crippen molar-refractivity contribution in [3.05, 3.63) is 99.4 Å². The standard InChI is InChI=1S/C23H20ClN3O2S/c1-14-9-10-25-20(12-14)26-21(16-6-3-4-7-18(16)24)17-13-15(2)30-23(17)27-22(28)19-8-5-11-29-19/h3-13,21H,1-2H3,(H,25,26)(H,27,28)/t21-/m1/s1. The molecule has 0 radical (unpaired) electrons. The van der Waals surface area contributed by atoms with Crippen LogP contribution < -0.4 is 10.6 Å². The van der Waals surface area contributed by atoms with E-state index in [4.69, 9.17) is 16.0 Å². The van der Waals surface area contributed by atoms with Crippen LogP contribution >= 0.6 is 22.9 Å². The average Bonchev–Trinajstić information content (AvgIpc) is 3.37. The van der Waals surface area contributed by atoms with Crippen LogP contribution in [0.25, 0.3) is 0 Å². The van der Waals surface area contributed by atoms with Gasteiger partial charge in [-0.3, -0.25) is 4.79 Å². The molecule has 4 rings (SSSR count). The molecule has 1 atom stereocenters. The predicted octanol–water partition coefficient (Wildman–Crippen LogP) is 6.46. The predicted molar refractivity (Wildman–Crippen MR) is 122 cm³/mol. The fourth-order valence-corrected chi connectivity index (χ4v) is 4.40. The molecule has 0 spiro atoms. The van der Waals surface area contributed by atoms with Crippen molar-refractivity contribution >= 4 is 39.7 Å². The first-order chi connectivity index (χ1) is 14.5. The van der Waals surface area contributed by atoms with E-state index in [1.807, 2.05) is 50.2 Å². The van der Waals surface area contributed by atoms with E-state index < -0.39 is 0 Å². The molecule has 2 N–H and O–H groups in total. The SMILES string of the molecule is Cc1ccnc(N[C@H](c2ccccc2Cl)c2cc(C)sc2NC(=O)c2ccco2)c1. The Labute approximate surface area is 183 Å². The Hall–Kier alpha value is -3.09. The number of benzene rings is 1. The minimum atomic E-state index is -0.301. The Balaban J connectivity index is 1.75. The van der Waals surface area contributed by atoms with Gasteiger partial charge in [0.2, 0.25) is 0 Å². The normalized spacial score (nSPS) is 11.8. The summed E-state index contributed by atoms with van der Waals surface area (Å²) in [5.74, 6) is 0.691. The minimum Gasteiger partial charge on any atom is -0.459 e. The number of thiophene rings is 1. The molecule has 3 heterocycles. The molecule has 4 aromatic rings. The number of rotatable bonds is 6. The summed E-state index contributed by atoms with van der Waals surface area (Å²) in [7, 11) is 0. The molecule has 0 bridgehead atoms. The van der Waals surface area contributed by atoms with Gasteiger partial charge >= 0.3 is 0 Å². The molecule has 152 valence electrons. The fourth-order valence-electron chi connectivity index (χ4n) is 3.21. The smallest absolute Gasteiger partial charge is 0.291 e. The van der Waals surface area contributed by atoms with Crippen LogP contribution in [0.2, 0.25) is 5.02 Å². The summed E-state index contributed by atoms with van der Waals surface area (Å²) < 4.78 is 5.23. The van der Waals surface area contributed by atoms with Gasteiger partial charge in [-0.05, 0) is 61.4 Å². The van der Waals surface area contributed by atoms with Crippen molar-refractivity contribution in [2.45, 2.75) is 19.9 Å². The summed E-state index contributed by atoms with van der Waals surface area (Å²) in [5, 5.41) is 7.84. The molecule has 0 aliphatic carbocycles. The third-order valence-corrected chi connectivity index (χ3v) is 5.92. The maximum atomic E-state index is 12.6. The number of nitrogens with one attached hydrogen (secondary N) is 2. The van der Waals surface area contributed by atoms with E-state index in [0.717, 1.165) is 32.4 Å². The van der Waals surface area contributed by atoms with Crippen LogP contribution in [-0.4, -0.2) is 10.9 Å². The van der Waals surface area contributed by atoms with Crippen molar-refractivity contribution < 1.29 is 9.21 Å². The molecule has 0 aliphatic heterocycles. The zero-order valence-corrected chi connectivity index (χ0v) is 18.1. The van der Waals surface area contributed by atoms with Crippen molar-refractivity contribution in [2.75, 3.05) is 10.6 Å². The van der Waals surface area contributed by atoms with Crippen molar-refractivity contribution in [1.29, 1.82) is 0 Å². The number of anilines is 2. The summed E-state index contributed by atoms with van der Waals surface area (Å²) in [6, 6.07) is 16.7. The molecule has 7 heteroatoms. The number of hydrogen-bond acceptors (Lipinski definition) is 5. The van der Waals surface area contributed by atoms with E-state index >= 15 is 0 Å². The van der Waals surface area contributed by atoms with E-state index in [2.05, 4.69) is 21.7 Å². The van der Waals surface area contributed by atoms with Crippen LogP contribution in [0, 0.1) is 13.8 Å². The molecular weight excluding hydrogens is 418 g/mol.